The van der Waals surface area contributed by atoms with Crippen molar-refractivity contribution < 1.29 is 24.4 Å². The molecule has 3 aliphatic rings. The lowest BCUT2D eigenvalue weighted by atomic mass is 9.44. The summed E-state index contributed by atoms with van der Waals surface area (Å²) in [5.74, 6) is -2.16. The van der Waals surface area contributed by atoms with Crippen molar-refractivity contribution in [2.24, 2.45) is 28.6 Å². The van der Waals surface area contributed by atoms with Crippen molar-refractivity contribution in [2.45, 2.75) is 78.6 Å². The highest BCUT2D eigenvalue weighted by Crippen LogP contribution is 2.74. The van der Waals surface area contributed by atoms with Crippen LogP contribution in [0.25, 0.3) is 0 Å². The molecule has 0 bridgehead atoms. The normalized spacial score (nSPS) is 46.4. The molecule has 3 rings (SSSR count). The second-order valence-electron chi connectivity index (χ2n) is 9.63. The summed E-state index contributed by atoms with van der Waals surface area (Å²) in [5, 5.41) is 11.7. The summed E-state index contributed by atoms with van der Waals surface area (Å²) in [4.78, 5) is 24.7. The number of hydrogen-bond donors (Lipinski definition) is 1. The van der Waals surface area contributed by atoms with Crippen LogP contribution >= 0.6 is 0 Å². The van der Waals surface area contributed by atoms with E-state index in [2.05, 4.69) is 26.8 Å². The van der Waals surface area contributed by atoms with Gasteiger partial charge in [0.15, 0.2) is 0 Å². The standard InChI is InChI=1S/C21H34O5/c1-13(2)8-9-15-12-14(3)21(23)20(17(22)24-7)16(10-11-19(15,20)6)18(4,5)25-26-21/h8,14-16,23H,9-12H2,1-7H3/t14-,15-,16-,19+,20-,21-/m0/s1. The van der Waals surface area contributed by atoms with Crippen molar-refractivity contribution >= 4 is 5.97 Å². The maximum atomic E-state index is 13.4. The molecule has 2 saturated carbocycles. The second-order valence-corrected chi connectivity index (χ2v) is 9.63. The summed E-state index contributed by atoms with van der Waals surface area (Å²) in [6.07, 6.45) is 5.58. The smallest absolute Gasteiger partial charge is 0.318 e. The van der Waals surface area contributed by atoms with Crippen molar-refractivity contribution in [2.75, 3.05) is 7.11 Å². The number of allylic oxidation sites excluding steroid dienone is 2. The molecule has 0 radical (unpaired) electrons. The minimum Gasteiger partial charge on any atom is -0.468 e. The predicted molar refractivity (Wildman–Crippen MR) is 97.8 cm³/mol. The maximum Gasteiger partial charge on any atom is 0.318 e. The molecule has 1 aliphatic heterocycles. The van der Waals surface area contributed by atoms with Crippen LogP contribution in [0, 0.1) is 28.6 Å². The van der Waals surface area contributed by atoms with Crippen LogP contribution in [-0.2, 0) is 19.3 Å². The van der Waals surface area contributed by atoms with E-state index in [1.54, 1.807) is 0 Å². The molecule has 1 N–H and O–H groups in total. The van der Waals surface area contributed by atoms with E-state index in [0.717, 1.165) is 25.7 Å². The van der Waals surface area contributed by atoms with Crippen LogP contribution in [-0.4, -0.2) is 29.6 Å². The van der Waals surface area contributed by atoms with Crippen LogP contribution in [0.3, 0.4) is 0 Å². The molecule has 0 aromatic rings. The summed E-state index contributed by atoms with van der Waals surface area (Å²) in [6, 6.07) is 0. The molecule has 6 atom stereocenters. The molecule has 5 heteroatoms. The molecule has 1 saturated heterocycles. The third kappa shape index (κ3) is 2.23. The van der Waals surface area contributed by atoms with Crippen molar-refractivity contribution in [3.8, 4) is 0 Å². The van der Waals surface area contributed by atoms with Crippen molar-refractivity contribution in [1.29, 1.82) is 0 Å². The fourth-order valence-electron chi connectivity index (χ4n) is 6.34. The molecule has 0 unspecified atom stereocenters. The number of methoxy groups -OCH3 is 1. The molecule has 2 aliphatic carbocycles. The largest absolute Gasteiger partial charge is 0.468 e. The molecule has 0 aromatic carbocycles. The summed E-state index contributed by atoms with van der Waals surface area (Å²) >= 11 is 0. The zero-order valence-corrected chi connectivity index (χ0v) is 17.2. The quantitative estimate of drug-likeness (QED) is 0.464. The van der Waals surface area contributed by atoms with Gasteiger partial charge in [0.25, 0.3) is 0 Å². The van der Waals surface area contributed by atoms with E-state index in [0.29, 0.717) is 0 Å². The first-order valence-corrected chi connectivity index (χ1v) is 9.78. The van der Waals surface area contributed by atoms with Crippen LogP contribution in [0.15, 0.2) is 11.6 Å². The Labute approximate surface area is 157 Å². The maximum absolute atomic E-state index is 13.4. The molecule has 0 spiro atoms. The minimum atomic E-state index is -1.67. The van der Waals surface area contributed by atoms with Gasteiger partial charge in [-0.3, -0.25) is 4.79 Å². The predicted octanol–water partition coefficient (Wildman–Crippen LogP) is 4.00. The van der Waals surface area contributed by atoms with E-state index in [9.17, 15) is 9.90 Å². The van der Waals surface area contributed by atoms with Crippen LogP contribution in [0.2, 0.25) is 0 Å². The molecule has 0 amide bonds. The highest BCUT2D eigenvalue weighted by atomic mass is 17.2. The Morgan fingerprint density at radius 1 is 1.27 bits per heavy atom. The Morgan fingerprint density at radius 2 is 1.92 bits per heavy atom. The van der Waals surface area contributed by atoms with Gasteiger partial charge in [-0.05, 0) is 64.7 Å². The Kier molecular flexibility index (Phi) is 4.61. The van der Waals surface area contributed by atoms with E-state index in [1.165, 1.54) is 12.7 Å². The van der Waals surface area contributed by atoms with Gasteiger partial charge in [0.1, 0.15) is 11.0 Å². The number of aliphatic hydroxyl groups is 1. The average molecular weight is 366 g/mol. The zero-order chi connectivity index (χ0) is 19.5. The molecule has 5 nitrogen and oxygen atoms in total. The Hall–Kier alpha value is -0.910. The monoisotopic (exact) mass is 366 g/mol. The average Bonchev–Trinajstić information content (AvgIpc) is 2.91. The molecule has 148 valence electrons. The first kappa shape index (κ1) is 19.8. The van der Waals surface area contributed by atoms with Crippen LogP contribution < -0.4 is 0 Å². The summed E-state index contributed by atoms with van der Waals surface area (Å²) in [7, 11) is 1.41. The number of carbonyl (C=O) groups is 1. The highest BCUT2D eigenvalue weighted by molar-refractivity contribution is 5.81. The topological polar surface area (TPSA) is 65.0 Å². The number of hydrogen-bond acceptors (Lipinski definition) is 5. The third-order valence-electron chi connectivity index (χ3n) is 7.69. The fourth-order valence-corrected chi connectivity index (χ4v) is 6.34. The summed E-state index contributed by atoms with van der Waals surface area (Å²) in [5.41, 5.74) is -0.948. The fraction of sp³-hybridized carbons (Fsp3) is 0.857. The Morgan fingerprint density at radius 3 is 2.50 bits per heavy atom. The van der Waals surface area contributed by atoms with Gasteiger partial charge >= 0.3 is 5.97 Å². The van der Waals surface area contributed by atoms with Gasteiger partial charge < -0.3 is 9.84 Å². The van der Waals surface area contributed by atoms with Gasteiger partial charge in [0, 0.05) is 11.8 Å². The molecule has 3 fully saturated rings. The van der Waals surface area contributed by atoms with Crippen molar-refractivity contribution in [1.82, 2.24) is 0 Å². The summed E-state index contributed by atoms with van der Waals surface area (Å²) < 4.78 is 5.33. The van der Waals surface area contributed by atoms with Gasteiger partial charge in [0.2, 0.25) is 5.79 Å². The van der Waals surface area contributed by atoms with Gasteiger partial charge in [0.05, 0.1) is 7.11 Å². The SMILES string of the molecule is COC(=O)[C@@]12[C@H]3CC[C@]1(C)[C@@H](CC=C(C)C)C[C@H](C)[C@]2(O)OOC3(C)C. The second kappa shape index (κ2) is 6.05. The summed E-state index contributed by atoms with van der Waals surface area (Å²) in [6.45, 7) is 12.2. The lowest BCUT2D eigenvalue weighted by Gasteiger charge is -2.65. The highest BCUT2D eigenvalue weighted by Gasteiger charge is 2.82. The lowest BCUT2D eigenvalue weighted by molar-refractivity contribution is -0.545. The van der Waals surface area contributed by atoms with Crippen molar-refractivity contribution in [3.63, 3.8) is 0 Å². The molecule has 1 heterocycles. The van der Waals surface area contributed by atoms with Gasteiger partial charge in [-0.1, -0.05) is 25.5 Å². The third-order valence-corrected chi connectivity index (χ3v) is 7.69. The van der Waals surface area contributed by atoms with Gasteiger partial charge in [-0.25, -0.2) is 4.89 Å². The van der Waals surface area contributed by atoms with Crippen molar-refractivity contribution in [3.05, 3.63) is 11.6 Å². The first-order chi connectivity index (χ1) is 12.0. The van der Waals surface area contributed by atoms with E-state index < -0.39 is 22.2 Å². The number of esters is 1. The molecule has 0 aromatic heterocycles. The Balaban J connectivity index is 2.22. The van der Waals surface area contributed by atoms with E-state index in [1.807, 2.05) is 20.8 Å². The lowest BCUT2D eigenvalue weighted by Crippen LogP contribution is -2.75. The molecular formula is C21H34O5. The van der Waals surface area contributed by atoms with E-state index in [4.69, 9.17) is 14.5 Å². The van der Waals surface area contributed by atoms with Crippen LogP contribution in [0.1, 0.15) is 67.2 Å². The molecule has 26 heavy (non-hydrogen) atoms. The van der Waals surface area contributed by atoms with E-state index >= 15 is 0 Å². The van der Waals surface area contributed by atoms with Gasteiger partial charge in [-0.15, -0.1) is 0 Å². The molecular weight excluding hydrogens is 332 g/mol. The Bertz CT molecular complexity index is 622. The van der Waals surface area contributed by atoms with Crippen LogP contribution in [0.5, 0.6) is 0 Å². The number of ether oxygens (including phenoxy) is 1. The van der Waals surface area contributed by atoms with Gasteiger partial charge in [-0.2, -0.15) is 4.89 Å². The number of rotatable bonds is 3. The van der Waals surface area contributed by atoms with E-state index in [-0.39, 0.29) is 23.7 Å². The minimum absolute atomic E-state index is 0.164. The van der Waals surface area contributed by atoms with Crippen LogP contribution in [0.4, 0.5) is 0 Å². The number of carbonyl (C=O) groups excluding carboxylic acids is 1. The zero-order valence-electron chi connectivity index (χ0n) is 17.2. The first-order valence-electron chi connectivity index (χ1n) is 9.78.